The molecular weight excluding hydrogens is 282 g/mol. The zero-order valence-electron chi connectivity index (χ0n) is 10.9. The predicted octanol–water partition coefficient (Wildman–Crippen LogP) is 3.28. The quantitative estimate of drug-likeness (QED) is 0.890. The van der Waals surface area contributed by atoms with Gasteiger partial charge in [0.05, 0.1) is 10.2 Å². The summed E-state index contributed by atoms with van der Waals surface area (Å²) in [6, 6.07) is 5.79. The Kier molecular flexibility index (Phi) is 4.61. The summed E-state index contributed by atoms with van der Waals surface area (Å²) in [7, 11) is 0. The van der Waals surface area contributed by atoms with E-state index >= 15 is 0 Å². The number of hydrogen-bond acceptors (Lipinski definition) is 4. The topological polar surface area (TPSA) is 54.0 Å². The largest absolute Gasteiger partial charge is 0.361 e. The summed E-state index contributed by atoms with van der Waals surface area (Å²) in [6.45, 7) is 4.47. The first kappa shape index (κ1) is 14.1. The molecule has 0 saturated carbocycles. The van der Waals surface area contributed by atoms with Gasteiger partial charge in [-0.2, -0.15) is 0 Å². The van der Waals surface area contributed by atoms with Gasteiger partial charge in [-0.05, 0) is 32.0 Å². The maximum atomic E-state index is 11.5. The van der Waals surface area contributed by atoms with Gasteiger partial charge in [-0.1, -0.05) is 22.9 Å². The Morgan fingerprint density at radius 1 is 1.47 bits per heavy atom. The Bertz CT molecular complexity index is 582. The minimum Gasteiger partial charge on any atom is -0.361 e. The fourth-order valence-corrected chi connectivity index (χ4v) is 2.82. The minimum absolute atomic E-state index is 0.0478. The van der Waals surface area contributed by atoms with E-state index in [1.165, 1.54) is 11.3 Å². The first-order valence-electron chi connectivity index (χ1n) is 6.14. The molecule has 0 aliphatic heterocycles. The molecule has 0 unspecified atom stereocenters. The van der Waals surface area contributed by atoms with Crippen LogP contribution in [0.1, 0.15) is 20.3 Å². The van der Waals surface area contributed by atoms with Gasteiger partial charge in [-0.15, -0.1) is 0 Å². The number of aromatic nitrogens is 1. The zero-order valence-corrected chi connectivity index (χ0v) is 12.4. The highest BCUT2D eigenvalue weighted by Gasteiger charge is 2.06. The molecule has 0 bridgehead atoms. The van der Waals surface area contributed by atoms with Crippen molar-refractivity contribution in [1.29, 1.82) is 0 Å². The van der Waals surface area contributed by atoms with Crippen LogP contribution in [0.4, 0.5) is 5.13 Å². The van der Waals surface area contributed by atoms with Crippen molar-refractivity contribution in [2.75, 3.05) is 11.9 Å². The maximum absolute atomic E-state index is 11.5. The molecule has 1 amide bonds. The number of nitrogens with one attached hydrogen (secondary N) is 2. The van der Waals surface area contributed by atoms with Gasteiger partial charge < -0.3 is 10.6 Å². The Balaban J connectivity index is 1.89. The molecule has 0 fully saturated rings. The molecular formula is C13H16ClN3OS. The molecule has 19 heavy (non-hydrogen) atoms. The number of rotatable bonds is 5. The Morgan fingerprint density at radius 3 is 3.00 bits per heavy atom. The highest BCUT2D eigenvalue weighted by Crippen LogP contribution is 2.28. The van der Waals surface area contributed by atoms with E-state index in [0.717, 1.165) is 15.3 Å². The Hall–Kier alpha value is -1.33. The third-order valence-corrected chi connectivity index (χ3v) is 3.64. The van der Waals surface area contributed by atoms with Crippen LogP contribution in [-0.2, 0) is 4.79 Å². The van der Waals surface area contributed by atoms with Gasteiger partial charge in [0.15, 0.2) is 5.13 Å². The fraction of sp³-hybridized carbons (Fsp3) is 0.385. The van der Waals surface area contributed by atoms with Crippen LogP contribution in [0, 0.1) is 0 Å². The molecule has 2 aromatic rings. The first-order valence-corrected chi connectivity index (χ1v) is 7.33. The van der Waals surface area contributed by atoms with Gasteiger partial charge in [0.25, 0.3) is 0 Å². The van der Waals surface area contributed by atoms with Gasteiger partial charge in [-0.3, -0.25) is 4.79 Å². The van der Waals surface area contributed by atoms with E-state index in [1.807, 2.05) is 32.0 Å². The lowest BCUT2D eigenvalue weighted by atomic mass is 10.3. The first-order chi connectivity index (χ1) is 9.04. The number of carbonyl (C=O) groups is 1. The molecule has 0 aliphatic carbocycles. The second-order valence-corrected chi connectivity index (χ2v) is 6.00. The summed E-state index contributed by atoms with van der Waals surface area (Å²) in [6.07, 6.45) is 0.439. The van der Waals surface area contributed by atoms with Crippen molar-refractivity contribution in [3.8, 4) is 0 Å². The molecule has 0 radical (unpaired) electrons. The van der Waals surface area contributed by atoms with Gasteiger partial charge in [0, 0.05) is 24.0 Å². The molecule has 0 spiro atoms. The van der Waals surface area contributed by atoms with E-state index in [2.05, 4.69) is 15.6 Å². The molecule has 6 heteroatoms. The molecule has 0 aliphatic rings. The SMILES string of the molecule is CC(C)NC(=O)CCNc1nc2ccc(Cl)cc2s1. The van der Waals surface area contributed by atoms with Crippen LogP contribution < -0.4 is 10.6 Å². The lowest BCUT2D eigenvalue weighted by molar-refractivity contribution is -0.121. The molecule has 0 atom stereocenters. The number of fused-ring (bicyclic) bond motifs is 1. The molecule has 1 aromatic carbocycles. The number of nitrogens with zero attached hydrogens (tertiary/aromatic N) is 1. The number of carbonyl (C=O) groups excluding carboxylic acids is 1. The van der Waals surface area contributed by atoms with Crippen LogP contribution in [0.25, 0.3) is 10.2 Å². The van der Waals surface area contributed by atoms with Crippen LogP contribution in [0.3, 0.4) is 0 Å². The van der Waals surface area contributed by atoms with Crippen LogP contribution in [0.5, 0.6) is 0 Å². The molecule has 0 saturated heterocycles. The number of thiazole rings is 1. The average Bonchev–Trinajstić information content (AvgIpc) is 2.69. The van der Waals surface area contributed by atoms with Gasteiger partial charge in [-0.25, -0.2) is 4.98 Å². The third-order valence-electron chi connectivity index (χ3n) is 2.43. The Morgan fingerprint density at radius 2 is 2.26 bits per heavy atom. The zero-order chi connectivity index (χ0) is 13.8. The lowest BCUT2D eigenvalue weighted by Gasteiger charge is -2.08. The minimum atomic E-state index is 0.0478. The van der Waals surface area contributed by atoms with E-state index in [-0.39, 0.29) is 11.9 Å². The molecule has 102 valence electrons. The summed E-state index contributed by atoms with van der Waals surface area (Å²) >= 11 is 7.47. The normalized spacial score (nSPS) is 10.9. The smallest absolute Gasteiger partial charge is 0.221 e. The maximum Gasteiger partial charge on any atom is 0.221 e. The standard InChI is InChI=1S/C13H16ClN3OS/c1-8(2)16-12(18)5-6-15-13-17-10-4-3-9(14)7-11(10)19-13/h3-4,7-8H,5-6H2,1-2H3,(H,15,17)(H,16,18). The van der Waals surface area contributed by atoms with Gasteiger partial charge >= 0.3 is 0 Å². The number of halogens is 1. The van der Waals surface area contributed by atoms with Crippen molar-refractivity contribution in [2.24, 2.45) is 0 Å². The van der Waals surface area contributed by atoms with E-state index < -0.39 is 0 Å². The van der Waals surface area contributed by atoms with Crippen molar-refractivity contribution >= 4 is 44.2 Å². The predicted molar refractivity (Wildman–Crippen MR) is 81.0 cm³/mol. The number of hydrogen-bond donors (Lipinski definition) is 2. The van der Waals surface area contributed by atoms with Crippen LogP contribution in [0.15, 0.2) is 18.2 Å². The van der Waals surface area contributed by atoms with Crippen molar-refractivity contribution in [2.45, 2.75) is 26.3 Å². The van der Waals surface area contributed by atoms with Gasteiger partial charge in [0.1, 0.15) is 0 Å². The lowest BCUT2D eigenvalue weighted by Crippen LogP contribution is -2.31. The summed E-state index contributed by atoms with van der Waals surface area (Å²) in [5, 5.41) is 7.53. The average molecular weight is 298 g/mol. The van der Waals surface area contributed by atoms with Crippen LogP contribution >= 0.6 is 22.9 Å². The van der Waals surface area contributed by atoms with E-state index in [9.17, 15) is 4.79 Å². The van der Waals surface area contributed by atoms with E-state index in [1.54, 1.807) is 0 Å². The number of benzene rings is 1. The van der Waals surface area contributed by atoms with E-state index in [4.69, 9.17) is 11.6 Å². The summed E-state index contributed by atoms with van der Waals surface area (Å²) in [5.74, 6) is 0.0478. The molecule has 2 N–H and O–H groups in total. The van der Waals surface area contributed by atoms with Crippen molar-refractivity contribution in [1.82, 2.24) is 10.3 Å². The van der Waals surface area contributed by atoms with E-state index in [0.29, 0.717) is 18.0 Å². The second-order valence-electron chi connectivity index (χ2n) is 4.53. The Labute approximate surface area is 121 Å². The highest BCUT2D eigenvalue weighted by molar-refractivity contribution is 7.22. The summed E-state index contributed by atoms with van der Waals surface area (Å²) in [5.41, 5.74) is 0.920. The van der Waals surface area contributed by atoms with Gasteiger partial charge in [0.2, 0.25) is 5.91 Å². The monoisotopic (exact) mass is 297 g/mol. The van der Waals surface area contributed by atoms with Crippen molar-refractivity contribution in [3.05, 3.63) is 23.2 Å². The summed E-state index contributed by atoms with van der Waals surface area (Å²) < 4.78 is 1.04. The third kappa shape index (κ3) is 4.08. The fourth-order valence-electron chi connectivity index (χ4n) is 1.65. The van der Waals surface area contributed by atoms with Crippen molar-refractivity contribution < 1.29 is 4.79 Å². The van der Waals surface area contributed by atoms with Crippen LogP contribution in [-0.4, -0.2) is 23.5 Å². The number of amides is 1. The number of anilines is 1. The highest BCUT2D eigenvalue weighted by atomic mass is 35.5. The van der Waals surface area contributed by atoms with Crippen LogP contribution in [0.2, 0.25) is 5.02 Å². The molecule has 1 heterocycles. The summed E-state index contributed by atoms with van der Waals surface area (Å²) in [4.78, 5) is 15.9. The van der Waals surface area contributed by atoms with Crippen molar-refractivity contribution in [3.63, 3.8) is 0 Å². The second kappa shape index (κ2) is 6.21. The molecule has 4 nitrogen and oxygen atoms in total. The molecule has 1 aromatic heterocycles. The molecule has 2 rings (SSSR count).